The summed E-state index contributed by atoms with van der Waals surface area (Å²) >= 11 is 7.55. The van der Waals surface area contributed by atoms with Gasteiger partial charge in [0.1, 0.15) is 10.7 Å². The zero-order valence-corrected chi connectivity index (χ0v) is 18.9. The molecule has 9 heteroatoms. The minimum Gasteiger partial charge on any atom is -0.356 e. The van der Waals surface area contributed by atoms with Gasteiger partial charge in [-0.3, -0.25) is 4.79 Å². The van der Waals surface area contributed by atoms with Crippen molar-refractivity contribution in [1.82, 2.24) is 10.2 Å². The van der Waals surface area contributed by atoms with Gasteiger partial charge in [-0.25, -0.2) is 0 Å². The summed E-state index contributed by atoms with van der Waals surface area (Å²) < 4.78 is 29.5. The Balaban J connectivity index is 1.43. The number of rotatable bonds is 4. The van der Waals surface area contributed by atoms with Crippen molar-refractivity contribution in [2.75, 3.05) is 13.1 Å². The van der Waals surface area contributed by atoms with E-state index in [-0.39, 0.29) is 16.7 Å². The molecule has 0 unspecified atom stereocenters. The fourth-order valence-corrected chi connectivity index (χ4v) is 6.12. The van der Waals surface area contributed by atoms with E-state index in [1.54, 1.807) is 42.5 Å². The summed E-state index contributed by atoms with van der Waals surface area (Å²) in [6.07, 6.45) is 1.33. The van der Waals surface area contributed by atoms with Crippen molar-refractivity contribution in [3.05, 3.63) is 62.8 Å². The maximum atomic E-state index is 12.7. The fraction of sp³-hybridized carbons (Fsp3) is 0.333. The molecule has 1 fully saturated rings. The Morgan fingerprint density at radius 3 is 2.57 bits per heavy atom. The van der Waals surface area contributed by atoms with Crippen LogP contribution in [0.3, 0.4) is 0 Å². The largest absolute Gasteiger partial charge is 0.356 e. The van der Waals surface area contributed by atoms with Crippen molar-refractivity contribution in [3.8, 4) is 0 Å². The average molecular weight is 464 g/mol. The van der Waals surface area contributed by atoms with Crippen LogP contribution in [-0.2, 0) is 21.4 Å². The molecule has 6 nitrogen and oxygen atoms in total. The Labute approximate surface area is 185 Å². The zero-order chi connectivity index (χ0) is 21.3. The second-order valence-corrected chi connectivity index (χ2v) is 10.4. The van der Waals surface area contributed by atoms with E-state index in [0.717, 1.165) is 4.88 Å². The number of piperidine rings is 1. The van der Waals surface area contributed by atoms with Gasteiger partial charge < -0.3 is 10.2 Å². The zero-order valence-electron chi connectivity index (χ0n) is 16.5. The maximum absolute atomic E-state index is 12.7. The molecular formula is C21H22ClN3O3S2. The third-order valence-electron chi connectivity index (χ3n) is 5.43. The molecule has 0 spiro atoms. The second-order valence-electron chi connectivity index (χ2n) is 7.41. The van der Waals surface area contributed by atoms with Crippen LogP contribution in [0.2, 0.25) is 5.02 Å². The van der Waals surface area contributed by atoms with E-state index in [2.05, 4.69) is 9.71 Å². The van der Waals surface area contributed by atoms with E-state index < -0.39 is 10.0 Å². The number of benzene rings is 1. The normalized spacial score (nSPS) is 19.1. The predicted octanol–water partition coefficient (Wildman–Crippen LogP) is 3.90. The van der Waals surface area contributed by atoms with E-state index in [0.29, 0.717) is 54.5 Å². The molecule has 4 rings (SSSR count). The lowest BCUT2D eigenvalue weighted by Gasteiger charge is -2.32. The van der Waals surface area contributed by atoms with Crippen LogP contribution in [0, 0.1) is 5.92 Å². The first-order chi connectivity index (χ1) is 14.3. The molecule has 0 atom stereocenters. The molecule has 0 bridgehead atoms. The van der Waals surface area contributed by atoms with E-state index >= 15 is 0 Å². The SMILES string of the molecule is CC1=C(c2ccc(Cl)cc2)S(=O)(=O)N=C1N1CCC(C(=O)NCc2cccs2)CC1. The van der Waals surface area contributed by atoms with Crippen LogP contribution in [0.1, 0.15) is 30.2 Å². The monoisotopic (exact) mass is 463 g/mol. The summed E-state index contributed by atoms with van der Waals surface area (Å²) in [4.78, 5) is 15.8. The minimum absolute atomic E-state index is 0.0538. The van der Waals surface area contributed by atoms with Crippen molar-refractivity contribution < 1.29 is 13.2 Å². The Bertz CT molecular complexity index is 1100. The number of carbonyl (C=O) groups excluding carboxylic acids is 1. The molecule has 0 radical (unpaired) electrons. The lowest BCUT2D eigenvalue weighted by molar-refractivity contribution is -0.126. The molecule has 2 aromatic rings. The van der Waals surface area contributed by atoms with Gasteiger partial charge in [0, 0.05) is 34.5 Å². The summed E-state index contributed by atoms with van der Waals surface area (Å²) in [7, 11) is -3.76. The van der Waals surface area contributed by atoms with Crippen molar-refractivity contribution in [3.63, 3.8) is 0 Å². The Morgan fingerprint density at radius 2 is 1.93 bits per heavy atom. The van der Waals surface area contributed by atoms with Gasteiger partial charge in [0.15, 0.2) is 0 Å². The first-order valence-corrected chi connectivity index (χ1v) is 12.4. The first kappa shape index (κ1) is 21.1. The quantitative estimate of drug-likeness (QED) is 0.745. The maximum Gasteiger partial charge on any atom is 0.285 e. The molecule has 158 valence electrons. The number of likely N-dealkylation sites (tertiary alicyclic amines) is 1. The molecule has 1 saturated heterocycles. The smallest absolute Gasteiger partial charge is 0.285 e. The molecule has 0 saturated carbocycles. The van der Waals surface area contributed by atoms with E-state index in [9.17, 15) is 13.2 Å². The number of hydrogen-bond donors (Lipinski definition) is 1. The van der Waals surface area contributed by atoms with Gasteiger partial charge in [-0.05, 0) is 48.9 Å². The average Bonchev–Trinajstić information content (AvgIpc) is 3.33. The number of halogens is 1. The number of carbonyl (C=O) groups is 1. The third-order valence-corrected chi connectivity index (χ3v) is 8.03. The van der Waals surface area contributed by atoms with Gasteiger partial charge in [-0.1, -0.05) is 29.8 Å². The van der Waals surface area contributed by atoms with Crippen molar-refractivity contribution in [1.29, 1.82) is 0 Å². The van der Waals surface area contributed by atoms with Gasteiger partial charge in [0.05, 0.1) is 6.54 Å². The Kier molecular flexibility index (Phi) is 5.99. The Hall–Kier alpha value is -2.16. The molecule has 1 amide bonds. The van der Waals surface area contributed by atoms with Crippen LogP contribution in [0.15, 0.2) is 51.7 Å². The van der Waals surface area contributed by atoms with Crippen LogP contribution >= 0.6 is 22.9 Å². The summed E-state index contributed by atoms with van der Waals surface area (Å²) in [5, 5.41) is 5.54. The lowest BCUT2D eigenvalue weighted by atomic mass is 9.95. The highest BCUT2D eigenvalue weighted by molar-refractivity contribution is 8.00. The van der Waals surface area contributed by atoms with E-state index in [1.807, 2.05) is 22.4 Å². The van der Waals surface area contributed by atoms with Gasteiger partial charge in [-0.15, -0.1) is 15.7 Å². The second kappa shape index (κ2) is 8.53. The molecule has 3 heterocycles. The summed E-state index contributed by atoms with van der Waals surface area (Å²) in [5.41, 5.74) is 1.22. The van der Waals surface area contributed by atoms with E-state index in [4.69, 9.17) is 11.6 Å². The first-order valence-electron chi connectivity index (χ1n) is 9.72. The molecule has 2 aliphatic heterocycles. The molecule has 0 aliphatic carbocycles. The molecule has 1 N–H and O–H groups in total. The molecule has 2 aliphatic rings. The van der Waals surface area contributed by atoms with Crippen LogP contribution in [0.25, 0.3) is 4.91 Å². The molecule has 30 heavy (non-hydrogen) atoms. The third kappa shape index (κ3) is 4.31. The molecule has 1 aromatic heterocycles. The number of nitrogens with one attached hydrogen (secondary N) is 1. The standard InChI is InChI=1S/C21H22ClN3O3S2/c1-14-19(15-4-6-17(22)7-5-15)30(27,28)24-20(14)25-10-8-16(9-11-25)21(26)23-13-18-3-2-12-29-18/h2-7,12,16H,8-11,13H2,1H3,(H,23,26). The summed E-state index contributed by atoms with van der Waals surface area (Å²) in [6, 6.07) is 10.7. The molecular weight excluding hydrogens is 442 g/mol. The Morgan fingerprint density at radius 1 is 1.23 bits per heavy atom. The number of amidine groups is 1. The van der Waals surface area contributed by atoms with Gasteiger partial charge >= 0.3 is 0 Å². The summed E-state index contributed by atoms with van der Waals surface area (Å²) in [6.45, 7) is 3.52. The predicted molar refractivity (Wildman–Crippen MR) is 121 cm³/mol. The van der Waals surface area contributed by atoms with Crippen molar-refractivity contribution in [2.24, 2.45) is 10.3 Å². The fourth-order valence-electron chi connectivity index (χ4n) is 3.87. The lowest BCUT2D eigenvalue weighted by Crippen LogP contribution is -2.42. The topological polar surface area (TPSA) is 78.8 Å². The van der Waals surface area contributed by atoms with Crippen LogP contribution in [0.5, 0.6) is 0 Å². The highest BCUT2D eigenvalue weighted by Crippen LogP contribution is 2.35. The van der Waals surface area contributed by atoms with Gasteiger partial charge in [-0.2, -0.15) is 8.42 Å². The number of hydrogen-bond acceptors (Lipinski definition) is 5. The number of sulfonamides is 1. The van der Waals surface area contributed by atoms with E-state index in [1.165, 1.54) is 0 Å². The van der Waals surface area contributed by atoms with Crippen molar-refractivity contribution in [2.45, 2.75) is 26.3 Å². The van der Waals surface area contributed by atoms with Crippen LogP contribution < -0.4 is 5.32 Å². The van der Waals surface area contributed by atoms with Gasteiger partial charge in [0.2, 0.25) is 5.91 Å². The number of nitrogens with zero attached hydrogens (tertiary/aromatic N) is 2. The number of amides is 1. The number of thiophene rings is 1. The van der Waals surface area contributed by atoms with Crippen molar-refractivity contribution >= 4 is 49.6 Å². The highest BCUT2D eigenvalue weighted by atomic mass is 35.5. The minimum atomic E-state index is -3.76. The molecule has 1 aromatic carbocycles. The van der Waals surface area contributed by atoms with Crippen LogP contribution in [-0.4, -0.2) is 38.2 Å². The van der Waals surface area contributed by atoms with Gasteiger partial charge in [0.25, 0.3) is 10.0 Å². The van der Waals surface area contributed by atoms with Crippen LogP contribution in [0.4, 0.5) is 0 Å². The highest BCUT2D eigenvalue weighted by Gasteiger charge is 2.35. The summed E-state index contributed by atoms with van der Waals surface area (Å²) in [5.74, 6) is 0.468.